The van der Waals surface area contributed by atoms with Crippen LogP contribution in [0.1, 0.15) is 22.3 Å². The fourth-order valence-electron chi connectivity index (χ4n) is 2.59. The van der Waals surface area contributed by atoms with Crippen molar-refractivity contribution in [1.29, 1.82) is 0 Å². The Kier molecular flexibility index (Phi) is 2.76. The van der Waals surface area contributed by atoms with Crippen LogP contribution in [0.2, 0.25) is 0 Å². The lowest BCUT2D eigenvalue weighted by Gasteiger charge is -2.22. The Balaban J connectivity index is 1.92. The van der Waals surface area contributed by atoms with Crippen molar-refractivity contribution in [2.24, 2.45) is 5.92 Å². The maximum atomic E-state index is 10.8. The molecule has 3 nitrogen and oxygen atoms in total. The number of rotatable bonds is 2. The fourth-order valence-corrected chi connectivity index (χ4v) is 2.59. The van der Waals surface area contributed by atoms with Crippen molar-refractivity contribution in [3.05, 3.63) is 53.6 Å². The van der Waals surface area contributed by atoms with Gasteiger partial charge in [0.1, 0.15) is 0 Å². The molecule has 0 saturated carbocycles. The van der Waals surface area contributed by atoms with Crippen molar-refractivity contribution in [1.82, 2.24) is 0 Å². The van der Waals surface area contributed by atoms with E-state index < -0.39 is 5.97 Å². The van der Waals surface area contributed by atoms with Crippen molar-refractivity contribution in [2.75, 3.05) is 6.61 Å². The second kappa shape index (κ2) is 4.42. The van der Waals surface area contributed by atoms with Gasteiger partial charge < -0.3 is 9.84 Å². The smallest absolute Gasteiger partial charge is 0.335 e. The van der Waals surface area contributed by atoms with E-state index in [0.717, 1.165) is 24.2 Å². The first-order valence-corrected chi connectivity index (χ1v) is 6.09. The minimum Gasteiger partial charge on any atom is -0.478 e. The number of hydrogen-bond acceptors (Lipinski definition) is 2. The third-order valence-corrected chi connectivity index (χ3v) is 3.54. The summed E-state index contributed by atoms with van der Waals surface area (Å²) >= 11 is 0. The molecule has 92 valence electrons. The Morgan fingerprint density at radius 1 is 1.28 bits per heavy atom. The lowest BCUT2D eigenvalue weighted by Crippen LogP contribution is -2.18. The SMILES string of the molecule is O=C(O)c1ccc(C2=CC=CC3CCOC23)cc1. The zero-order chi connectivity index (χ0) is 12.5. The highest BCUT2D eigenvalue weighted by atomic mass is 16.5. The highest BCUT2D eigenvalue weighted by molar-refractivity contribution is 5.88. The van der Waals surface area contributed by atoms with E-state index in [1.807, 2.05) is 12.1 Å². The molecule has 1 fully saturated rings. The monoisotopic (exact) mass is 242 g/mol. The van der Waals surface area contributed by atoms with Gasteiger partial charge in [0.15, 0.2) is 0 Å². The van der Waals surface area contributed by atoms with Crippen LogP contribution in [0.15, 0.2) is 42.5 Å². The quantitative estimate of drug-likeness (QED) is 0.867. The minimum absolute atomic E-state index is 0.130. The largest absolute Gasteiger partial charge is 0.478 e. The standard InChI is InChI=1S/C15H14O3/c16-15(17)12-6-4-10(5-7-12)13-3-1-2-11-8-9-18-14(11)13/h1-7,11,14H,8-9H2,(H,16,17). The molecule has 1 N–H and O–H groups in total. The third-order valence-electron chi connectivity index (χ3n) is 3.54. The van der Waals surface area contributed by atoms with Gasteiger partial charge in [-0.15, -0.1) is 0 Å². The van der Waals surface area contributed by atoms with E-state index in [1.54, 1.807) is 12.1 Å². The van der Waals surface area contributed by atoms with Gasteiger partial charge >= 0.3 is 5.97 Å². The van der Waals surface area contributed by atoms with Crippen LogP contribution in [-0.4, -0.2) is 23.8 Å². The van der Waals surface area contributed by atoms with E-state index in [1.165, 1.54) is 0 Å². The van der Waals surface area contributed by atoms with E-state index in [4.69, 9.17) is 9.84 Å². The van der Waals surface area contributed by atoms with Gasteiger partial charge in [0.25, 0.3) is 0 Å². The number of fused-ring (bicyclic) bond motifs is 1. The number of hydrogen-bond donors (Lipinski definition) is 1. The Hall–Kier alpha value is -1.87. The molecule has 0 bridgehead atoms. The van der Waals surface area contributed by atoms with Gasteiger partial charge in [0.2, 0.25) is 0 Å². The van der Waals surface area contributed by atoms with Crippen molar-refractivity contribution in [2.45, 2.75) is 12.5 Å². The van der Waals surface area contributed by atoms with Crippen molar-refractivity contribution >= 4 is 11.5 Å². The first-order valence-electron chi connectivity index (χ1n) is 6.09. The molecule has 3 rings (SSSR count). The number of carbonyl (C=O) groups is 1. The van der Waals surface area contributed by atoms with E-state index in [9.17, 15) is 4.79 Å². The van der Waals surface area contributed by atoms with Crippen LogP contribution in [0.3, 0.4) is 0 Å². The lowest BCUT2D eigenvalue weighted by atomic mass is 9.87. The van der Waals surface area contributed by atoms with Gasteiger partial charge in [-0.2, -0.15) is 0 Å². The molecule has 18 heavy (non-hydrogen) atoms. The Labute approximate surface area is 105 Å². The zero-order valence-electron chi connectivity index (χ0n) is 9.87. The number of aromatic carboxylic acids is 1. The summed E-state index contributed by atoms with van der Waals surface area (Å²) in [5.74, 6) is -0.432. The maximum absolute atomic E-state index is 10.8. The van der Waals surface area contributed by atoms with Gasteiger partial charge in [-0.1, -0.05) is 30.4 Å². The van der Waals surface area contributed by atoms with Gasteiger partial charge in [0, 0.05) is 12.5 Å². The molecule has 3 heteroatoms. The molecule has 2 unspecified atom stereocenters. The van der Waals surface area contributed by atoms with E-state index >= 15 is 0 Å². The predicted molar refractivity (Wildman–Crippen MR) is 68.4 cm³/mol. The van der Waals surface area contributed by atoms with E-state index in [2.05, 4.69) is 18.2 Å². The zero-order valence-corrected chi connectivity index (χ0v) is 9.87. The van der Waals surface area contributed by atoms with Gasteiger partial charge in [-0.25, -0.2) is 4.79 Å². The molecule has 0 amide bonds. The summed E-state index contributed by atoms with van der Waals surface area (Å²) in [4.78, 5) is 10.8. The Morgan fingerprint density at radius 2 is 2.06 bits per heavy atom. The minimum atomic E-state index is -0.894. The summed E-state index contributed by atoms with van der Waals surface area (Å²) in [6.07, 6.45) is 7.50. The van der Waals surface area contributed by atoms with Gasteiger partial charge in [0.05, 0.1) is 11.7 Å². The number of carboxylic acids is 1. The van der Waals surface area contributed by atoms with E-state index in [-0.39, 0.29) is 6.10 Å². The average Bonchev–Trinajstić information content (AvgIpc) is 2.87. The molecule has 0 radical (unpaired) electrons. The number of benzene rings is 1. The van der Waals surface area contributed by atoms with Crippen molar-refractivity contribution in [3.63, 3.8) is 0 Å². The summed E-state index contributed by atoms with van der Waals surface area (Å²) in [6.45, 7) is 0.796. The van der Waals surface area contributed by atoms with E-state index in [0.29, 0.717) is 11.5 Å². The number of allylic oxidation sites excluding steroid dienone is 2. The summed E-state index contributed by atoms with van der Waals surface area (Å²) < 4.78 is 5.77. The lowest BCUT2D eigenvalue weighted by molar-refractivity contribution is 0.0697. The highest BCUT2D eigenvalue weighted by Crippen LogP contribution is 2.36. The molecular weight excluding hydrogens is 228 g/mol. The molecule has 2 aliphatic rings. The molecule has 1 aromatic carbocycles. The molecule has 1 aliphatic heterocycles. The molecular formula is C15H14O3. The van der Waals surface area contributed by atoms with Crippen LogP contribution in [0.4, 0.5) is 0 Å². The van der Waals surface area contributed by atoms with Crippen LogP contribution >= 0.6 is 0 Å². The molecule has 1 saturated heterocycles. The average molecular weight is 242 g/mol. The molecule has 0 aromatic heterocycles. The second-order valence-electron chi connectivity index (χ2n) is 4.63. The maximum Gasteiger partial charge on any atom is 0.335 e. The molecule has 2 atom stereocenters. The Morgan fingerprint density at radius 3 is 2.78 bits per heavy atom. The number of ether oxygens (including phenoxy) is 1. The normalized spacial score (nSPS) is 25.7. The molecule has 1 heterocycles. The fraction of sp³-hybridized carbons (Fsp3) is 0.267. The van der Waals surface area contributed by atoms with Crippen LogP contribution in [0.25, 0.3) is 5.57 Å². The Bertz CT molecular complexity index is 525. The van der Waals surface area contributed by atoms with Crippen molar-refractivity contribution < 1.29 is 14.6 Å². The first-order chi connectivity index (χ1) is 8.75. The summed E-state index contributed by atoms with van der Waals surface area (Å²) in [7, 11) is 0. The van der Waals surface area contributed by atoms with Crippen molar-refractivity contribution in [3.8, 4) is 0 Å². The third kappa shape index (κ3) is 1.87. The molecule has 1 aromatic rings. The predicted octanol–water partition coefficient (Wildman–Crippen LogP) is 2.74. The molecule has 1 aliphatic carbocycles. The summed E-state index contributed by atoms with van der Waals surface area (Å²) in [5, 5.41) is 8.89. The summed E-state index contributed by atoms with van der Waals surface area (Å²) in [6, 6.07) is 6.99. The first kappa shape index (κ1) is 11.2. The highest BCUT2D eigenvalue weighted by Gasteiger charge is 2.31. The second-order valence-corrected chi connectivity index (χ2v) is 4.63. The topological polar surface area (TPSA) is 46.5 Å². The van der Waals surface area contributed by atoms with Gasteiger partial charge in [-0.05, 0) is 29.7 Å². The van der Waals surface area contributed by atoms with Crippen LogP contribution < -0.4 is 0 Å². The summed E-state index contributed by atoms with van der Waals surface area (Å²) in [5.41, 5.74) is 2.51. The van der Waals surface area contributed by atoms with Gasteiger partial charge in [-0.3, -0.25) is 0 Å². The molecule has 0 spiro atoms. The van der Waals surface area contributed by atoms with Crippen LogP contribution in [0.5, 0.6) is 0 Å². The van der Waals surface area contributed by atoms with Crippen LogP contribution in [-0.2, 0) is 4.74 Å². The number of carboxylic acid groups (broad SMARTS) is 1. The van der Waals surface area contributed by atoms with Crippen LogP contribution in [0, 0.1) is 5.92 Å².